The van der Waals surface area contributed by atoms with Crippen molar-refractivity contribution in [3.63, 3.8) is 0 Å². The minimum Gasteiger partial charge on any atom is -0.378 e. The Morgan fingerprint density at radius 2 is 2.00 bits per heavy atom. The lowest BCUT2D eigenvalue weighted by Gasteiger charge is -2.58. The van der Waals surface area contributed by atoms with Crippen LogP contribution in [0.2, 0.25) is 0 Å². The van der Waals surface area contributed by atoms with Gasteiger partial charge in [0.15, 0.2) is 0 Å². The van der Waals surface area contributed by atoms with Gasteiger partial charge in [-0.2, -0.15) is 0 Å². The van der Waals surface area contributed by atoms with Crippen LogP contribution < -0.4 is 5.73 Å². The van der Waals surface area contributed by atoms with Gasteiger partial charge in [-0.1, -0.05) is 27.2 Å². The van der Waals surface area contributed by atoms with Crippen molar-refractivity contribution in [2.24, 2.45) is 11.1 Å². The topological polar surface area (TPSA) is 55.6 Å². The molecule has 0 spiro atoms. The molecular formula is C16H30N2O2. The first-order valence-corrected chi connectivity index (χ1v) is 8.10. The van der Waals surface area contributed by atoms with E-state index in [1.807, 2.05) is 11.8 Å². The normalized spacial score (nSPS) is 31.8. The first-order valence-electron chi connectivity index (χ1n) is 8.10. The standard InChI is InChI=1S/C16H30N2O2/c1-5-7-10-18(12-8-9-12)14(19)16(17)11-13(20-6-2)15(16,3)4/h12-13H,5-11,17H2,1-4H3. The molecule has 4 heteroatoms. The highest BCUT2D eigenvalue weighted by Crippen LogP contribution is 2.51. The average molecular weight is 282 g/mol. The summed E-state index contributed by atoms with van der Waals surface area (Å²) in [4.78, 5) is 15.0. The minimum absolute atomic E-state index is 0.105. The zero-order valence-electron chi connectivity index (χ0n) is 13.4. The quantitative estimate of drug-likeness (QED) is 0.779. The second kappa shape index (κ2) is 5.64. The van der Waals surface area contributed by atoms with Crippen LogP contribution in [0.3, 0.4) is 0 Å². The van der Waals surface area contributed by atoms with Crippen molar-refractivity contribution in [1.29, 1.82) is 0 Å². The van der Waals surface area contributed by atoms with E-state index in [1.165, 1.54) is 0 Å². The van der Waals surface area contributed by atoms with Gasteiger partial charge >= 0.3 is 0 Å². The second-order valence-corrected chi connectivity index (χ2v) is 6.92. The van der Waals surface area contributed by atoms with E-state index in [2.05, 4.69) is 20.8 Å². The Balaban J connectivity index is 2.07. The summed E-state index contributed by atoms with van der Waals surface area (Å²) in [5, 5.41) is 0. The fourth-order valence-corrected chi connectivity index (χ4v) is 3.22. The highest BCUT2D eigenvalue weighted by Gasteiger charge is 2.64. The van der Waals surface area contributed by atoms with E-state index in [0.717, 1.165) is 32.2 Å². The molecule has 4 nitrogen and oxygen atoms in total. The monoisotopic (exact) mass is 282 g/mol. The Morgan fingerprint density at radius 1 is 1.35 bits per heavy atom. The summed E-state index contributed by atoms with van der Waals surface area (Å²) in [7, 11) is 0. The van der Waals surface area contributed by atoms with Crippen LogP contribution in [0.15, 0.2) is 0 Å². The maximum Gasteiger partial charge on any atom is 0.243 e. The molecule has 0 saturated heterocycles. The highest BCUT2D eigenvalue weighted by atomic mass is 16.5. The van der Waals surface area contributed by atoms with E-state index in [0.29, 0.717) is 19.1 Å². The van der Waals surface area contributed by atoms with Gasteiger partial charge in [-0.25, -0.2) is 0 Å². The van der Waals surface area contributed by atoms with Crippen LogP contribution in [0.4, 0.5) is 0 Å². The first kappa shape index (κ1) is 15.8. The first-order chi connectivity index (χ1) is 9.38. The molecule has 0 aliphatic heterocycles. The third-order valence-electron chi connectivity index (χ3n) is 5.21. The van der Waals surface area contributed by atoms with Gasteiger partial charge < -0.3 is 15.4 Å². The molecule has 0 aromatic heterocycles. The molecule has 2 unspecified atom stereocenters. The SMILES string of the molecule is CCCCN(C(=O)C1(N)CC(OCC)C1(C)C)C1CC1. The lowest BCUT2D eigenvalue weighted by atomic mass is 9.54. The Kier molecular flexibility index (Phi) is 4.45. The van der Waals surface area contributed by atoms with Gasteiger partial charge in [0.1, 0.15) is 5.54 Å². The van der Waals surface area contributed by atoms with E-state index in [9.17, 15) is 4.79 Å². The lowest BCUT2D eigenvalue weighted by Crippen LogP contribution is -2.76. The molecule has 2 saturated carbocycles. The van der Waals surface area contributed by atoms with Crippen molar-refractivity contribution in [2.45, 2.75) is 77.5 Å². The maximum atomic E-state index is 12.9. The maximum absolute atomic E-state index is 12.9. The van der Waals surface area contributed by atoms with Crippen molar-refractivity contribution in [1.82, 2.24) is 4.90 Å². The zero-order valence-corrected chi connectivity index (χ0v) is 13.4. The molecule has 0 bridgehead atoms. The Bertz CT molecular complexity index is 365. The van der Waals surface area contributed by atoms with Gasteiger partial charge in [-0.05, 0) is 26.2 Å². The molecular weight excluding hydrogens is 252 g/mol. The number of hydrogen-bond acceptors (Lipinski definition) is 3. The Hall–Kier alpha value is -0.610. The number of carbonyl (C=O) groups is 1. The molecule has 20 heavy (non-hydrogen) atoms. The van der Waals surface area contributed by atoms with Gasteiger partial charge in [0.2, 0.25) is 5.91 Å². The minimum atomic E-state index is -0.747. The molecule has 2 rings (SSSR count). The molecule has 2 aliphatic rings. The molecule has 0 heterocycles. The molecule has 0 radical (unpaired) electrons. The van der Waals surface area contributed by atoms with Crippen molar-refractivity contribution in [3.8, 4) is 0 Å². The second-order valence-electron chi connectivity index (χ2n) is 6.92. The van der Waals surface area contributed by atoms with Crippen molar-refractivity contribution in [3.05, 3.63) is 0 Å². The van der Waals surface area contributed by atoms with Crippen LogP contribution in [0.5, 0.6) is 0 Å². The highest BCUT2D eigenvalue weighted by molar-refractivity contribution is 5.89. The predicted molar refractivity (Wildman–Crippen MR) is 80.4 cm³/mol. The number of unbranched alkanes of at least 4 members (excludes halogenated alkanes) is 1. The summed E-state index contributed by atoms with van der Waals surface area (Å²) >= 11 is 0. The molecule has 2 N–H and O–H groups in total. The van der Waals surface area contributed by atoms with Gasteiger partial charge in [0.05, 0.1) is 6.10 Å². The fourth-order valence-electron chi connectivity index (χ4n) is 3.22. The summed E-state index contributed by atoms with van der Waals surface area (Å²) in [5.74, 6) is 0.148. The van der Waals surface area contributed by atoms with Crippen LogP contribution in [-0.4, -0.2) is 41.6 Å². The lowest BCUT2D eigenvalue weighted by molar-refractivity contribution is -0.179. The summed E-state index contributed by atoms with van der Waals surface area (Å²) in [6, 6.07) is 0.441. The average Bonchev–Trinajstić information content (AvgIpc) is 3.23. The third kappa shape index (κ3) is 2.48. The van der Waals surface area contributed by atoms with E-state index >= 15 is 0 Å². The summed E-state index contributed by atoms with van der Waals surface area (Å²) < 4.78 is 5.72. The molecule has 0 aromatic rings. The molecule has 2 fully saturated rings. The molecule has 0 aromatic carbocycles. The number of rotatable bonds is 7. The van der Waals surface area contributed by atoms with Crippen molar-refractivity contribution < 1.29 is 9.53 Å². The largest absolute Gasteiger partial charge is 0.378 e. The molecule has 1 amide bonds. The van der Waals surface area contributed by atoms with Crippen molar-refractivity contribution in [2.75, 3.05) is 13.2 Å². The van der Waals surface area contributed by atoms with E-state index in [4.69, 9.17) is 10.5 Å². The van der Waals surface area contributed by atoms with Gasteiger partial charge in [-0.15, -0.1) is 0 Å². The third-order valence-corrected chi connectivity index (χ3v) is 5.21. The van der Waals surface area contributed by atoms with E-state index in [1.54, 1.807) is 0 Å². The van der Waals surface area contributed by atoms with Crippen LogP contribution in [-0.2, 0) is 9.53 Å². The van der Waals surface area contributed by atoms with Crippen LogP contribution >= 0.6 is 0 Å². The van der Waals surface area contributed by atoms with Gasteiger partial charge in [-0.3, -0.25) is 4.79 Å². The number of hydrogen-bond donors (Lipinski definition) is 1. The zero-order chi connectivity index (χ0) is 15.0. The van der Waals surface area contributed by atoms with Crippen molar-refractivity contribution >= 4 is 5.91 Å². The molecule has 2 aliphatic carbocycles. The number of amides is 1. The van der Waals surface area contributed by atoms with Gasteiger partial charge in [0, 0.05) is 31.0 Å². The molecule has 2 atom stereocenters. The van der Waals surface area contributed by atoms with Gasteiger partial charge in [0.25, 0.3) is 0 Å². The van der Waals surface area contributed by atoms with E-state index in [-0.39, 0.29) is 17.4 Å². The number of nitrogens with two attached hydrogens (primary N) is 1. The number of ether oxygens (including phenoxy) is 1. The predicted octanol–water partition coefficient (Wildman–Crippen LogP) is 2.31. The van der Waals surface area contributed by atoms with Crippen LogP contribution in [0.1, 0.15) is 59.8 Å². The fraction of sp³-hybridized carbons (Fsp3) is 0.938. The summed E-state index contributed by atoms with van der Waals surface area (Å²) in [6.45, 7) is 9.83. The van der Waals surface area contributed by atoms with E-state index < -0.39 is 5.54 Å². The van der Waals surface area contributed by atoms with Crippen LogP contribution in [0.25, 0.3) is 0 Å². The Morgan fingerprint density at radius 3 is 2.45 bits per heavy atom. The Labute approximate surface area is 123 Å². The number of nitrogens with zero attached hydrogens (tertiary/aromatic N) is 1. The number of carbonyl (C=O) groups excluding carboxylic acids is 1. The van der Waals surface area contributed by atoms with Crippen LogP contribution in [0, 0.1) is 5.41 Å². The smallest absolute Gasteiger partial charge is 0.243 e. The molecule has 116 valence electrons. The summed E-state index contributed by atoms with van der Waals surface area (Å²) in [6.07, 6.45) is 5.21. The summed E-state index contributed by atoms with van der Waals surface area (Å²) in [5.41, 5.74) is 5.49.